The molecule has 0 radical (unpaired) electrons. The fourth-order valence-electron chi connectivity index (χ4n) is 2.74. The third kappa shape index (κ3) is 4.74. The van der Waals surface area contributed by atoms with Gasteiger partial charge in [0.2, 0.25) is 5.91 Å². The molecule has 140 valence electrons. The largest absolute Gasteiger partial charge is 0.494 e. The van der Waals surface area contributed by atoms with E-state index in [1.54, 1.807) is 12.1 Å². The number of para-hydroxylation sites is 1. The molecule has 0 aliphatic heterocycles. The highest BCUT2D eigenvalue weighted by Gasteiger charge is 2.08. The summed E-state index contributed by atoms with van der Waals surface area (Å²) in [5, 5.41) is 3.40. The maximum Gasteiger partial charge on any atom is 0.261 e. The Bertz CT molecular complexity index is 1020. The maximum atomic E-state index is 12.5. The number of amides is 1. The Labute approximate surface area is 165 Å². The molecule has 3 rings (SSSR count). The van der Waals surface area contributed by atoms with Gasteiger partial charge in [0.1, 0.15) is 5.75 Å². The van der Waals surface area contributed by atoms with Crippen molar-refractivity contribution in [1.82, 2.24) is 14.9 Å². The van der Waals surface area contributed by atoms with Gasteiger partial charge in [-0.25, -0.2) is 4.98 Å². The molecule has 1 N–H and O–H groups in total. The molecule has 1 aromatic heterocycles. The molecular weight excluding hydrogens is 410 g/mol. The van der Waals surface area contributed by atoms with Crippen LogP contribution in [0.4, 0.5) is 0 Å². The molecule has 0 saturated heterocycles. The van der Waals surface area contributed by atoms with Gasteiger partial charge in [0, 0.05) is 29.5 Å². The lowest BCUT2D eigenvalue weighted by Crippen LogP contribution is -2.27. The van der Waals surface area contributed by atoms with Gasteiger partial charge in [0.15, 0.2) is 0 Å². The number of carbonyl (C=O) groups is 1. The molecule has 27 heavy (non-hydrogen) atoms. The molecule has 0 spiro atoms. The van der Waals surface area contributed by atoms with Gasteiger partial charge in [0.25, 0.3) is 5.56 Å². The van der Waals surface area contributed by atoms with Crippen LogP contribution < -0.4 is 15.6 Å². The van der Waals surface area contributed by atoms with Gasteiger partial charge < -0.3 is 10.1 Å². The van der Waals surface area contributed by atoms with Gasteiger partial charge in [-0.15, -0.1) is 0 Å². The summed E-state index contributed by atoms with van der Waals surface area (Å²) >= 11 is 3.36. The average Bonchev–Trinajstić information content (AvgIpc) is 2.67. The van der Waals surface area contributed by atoms with Crippen LogP contribution in [0.25, 0.3) is 10.9 Å². The lowest BCUT2D eigenvalue weighted by Gasteiger charge is -2.11. The van der Waals surface area contributed by atoms with Gasteiger partial charge in [-0.2, -0.15) is 0 Å². The van der Waals surface area contributed by atoms with Crippen LogP contribution in [-0.2, 0) is 17.9 Å². The molecule has 0 unspecified atom stereocenters. The molecule has 0 saturated carbocycles. The van der Waals surface area contributed by atoms with Crippen LogP contribution in [0.3, 0.4) is 0 Å². The number of halogens is 1. The van der Waals surface area contributed by atoms with E-state index in [-0.39, 0.29) is 24.4 Å². The molecule has 0 fully saturated rings. The fraction of sp³-hybridized carbons (Fsp3) is 0.250. The molecule has 7 heteroatoms. The Balaban J connectivity index is 1.62. The Kier molecular flexibility index (Phi) is 6.24. The summed E-state index contributed by atoms with van der Waals surface area (Å²) in [6.07, 6.45) is 1.67. The van der Waals surface area contributed by atoms with E-state index < -0.39 is 0 Å². The van der Waals surface area contributed by atoms with Crippen molar-refractivity contribution in [2.75, 3.05) is 6.61 Å². The van der Waals surface area contributed by atoms with E-state index in [1.807, 2.05) is 37.3 Å². The number of hydrogen-bond acceptors (Lipinski definition) is 4. The van der Waals surface area contributed by atoms with E-state index in [0.29, 0.717) is 24.1 Å². The molecule has 0 aliphatic rings. The summed E-state index contributed by atoms with van der Waals surface area (Å²) in [6.45, 7) is 3.14. The molecule has 1 amide bonds. The van der Waals surface area contributed by atoms with Gasteiger partial charge >= 0.3 is 0 Å². The fourth-order valence-corrected chi connectivity index (χ4v) is 3.10. The molecule has 1 heterocycles. The SMILES string of the molecule is CCOc1ccccc1CNC(=O)CCn1cnc2ccc(Br)cc2c1=O. The number of rotatable bonds is 7. The quantitative estimate of drug-likeness (QED) is 0.625. The second kappa shape index (κ2) is 8.81. The number of hydrogen-bond donors (Lipinski definition) is 1. The zero-order valence-corrected chi connectivity index (χ0v) is 16.5. The monoisotopic (exact) mass is 429 g/mol. The van der Waals surface area contributed by atoms with Crippen molar-refractivity contribution in [2.45, 2.75) is 26.4 Å². The number of ether oxygens (including phenoxy) is 1. The standard InChI is InChI=1S/C20H20BrN3O3/c1-2-27-18-6-4-3-5-14(18)12-22-19(25)9-10-24-13-23-17-8-7-15(21)11-16(17)20(24)26/h3-8,11,13H,2,9-10,12H2,1H3,(H,22,25). The van der Waals surface area contributed by atoms with Crippen molar-refractivity contribution < 1.29 is 9.53 Å². The lowest BCUT2D eigenvalue weighted by atomic mass is 10.2. The van der Waals surface area contributed by atoms with Crippen LogP contribution in [0, 0.1) is 0 Å². The summed E-state index contributed by atoms with van der Waals surface area (Å²) in [5.74, 6) is 0.628. The first-order valence-corrected chi connectivity index (χ1v) is 9.50. The normalized spacial score (nSPS) is 10.7. The van der Waals surface area contributed by atoms with Crippen molar-refractivity contribution >= 4 is 32.7 Å². The predicted molar refractivity (Wildman–Crippen MR) is 108 cm³/mol. The molecule has 3 aromatic rings. The summed E-state index contributed by atoms with van der Waals surface area (Å²) in [5.41, 5.74) is 1.40. The minimum Gasteiger partial charge on any atom is -0.494 e. The summed E-state index contributed by atoms with van der Waals surface area (Å²) < 4.78 is 7.83. The Hall–Kier alpha value is -2.67. The third-order valence-corrected chi connectivity index (χ3v) is 4.61. The smallest absolute Gasteiger partial charge is 0.261 e. The van der Waals surface area contributed by atoms with E-state index in [1.165, 1.54) is 10.9 Å². The van der Waals surface area contributed by atoms with Gasteiger partial charge in [-0.1, -0.05) is 34.1 Å². The number of benzene rings is 2. The highest BCUT2D eigenvalue weighted by molar-refractivity contribution is 9.10. The van der Waals surface area contributed by atoms with Gasteiger partial charge in [-0.05, 0) is 31.2 Å². The highest BCUT2D eigenvalue weighted by atomic mass is 79.9. The Morgan fingerprint density at radius 1 is 1.26 bits per heavy atom. The zero-order chi connectivity index (χ0) is 19.2. The first kappa shape index (κ1) is 19.1. The van der Waals surface area contributed by atoms with Crippen LogP contribution in [-0.4, -0.2) is 22.1 Å². The summed E-state index contributed by atoms with van der Waals surface area (Å²) in [6, 6.07) is 13.0. The zero-order valence-electron chi connectivity index (χ0n) is 14.9. The molecule has 6 nitrogen and oxygen atoms in total. The van der Waals surface area contributed by atoms with E-state index in [0.717, 1.165) is 15.8 Å². The van der Waals surface area contributed by atoms with Crippen LogP contribution in [0.1, 0.15) is 18.9 Å². The minimum absolute atomic E-state index is 0.137. The van der Waals surface area contributed by atoms with Crippen molar-refractivity contribution in [3.63, 3.8) is 0 Å². The van der Waals surface area contributed by atoms with E-state index >= 15 is 0 Å². The van der Waals surface area contributed by atoms with Crippen molar-refractivity contribution in [2.24, 2.45) is 0 Å². The molecule has 0 atom stereocenters. The number of nitrogens with zero attached hydrogens (tertiary/aromatic N) is 2. The minimum atomic E-state index is -0.157. The van der Waals surface area contributed by atoms with Crippen LogP contribution in [0.5, 0.6) is 5.75 Å². The summed E-state index contributed by atoms with van der Waals surface area (Å²) in [4.78, 5) is 29.0. The highest BCUT2D eigenvalue weighted by Crippen LogP contribution is 2.17. The first-order valence-electron chi connectivity index (χ1n) is 8.70. The second-order valence-electron chi connectivity index (χ2n) is 5.97. The number of fused-ring (bicyclic) bond motifs is 1. The van der Waals surface area contributed by atoms with Gasteiger partial charge in [0.05, 0.1) is 23.8 Å². The number of aryl methyl sites for hydroxylation is 1. The van der Waals surface area contributed by atoms with Crippen LogP contribution in [0.15, 0.2) is 58.1 Å². The van der Waals surface area contributed by atoms with E-state index in [2.05, 4.69) is 26.2 Å². The Morgan fingerprint density at radius 3 is 2.89 bits per heavy atom. The summed E-state index contributed by atoms with van der Waals surface area (Å²) in [7, 11) is 0. The van der Waals surface area contributed by atoms with Crippen LogP contribution >= 0.6 is 15.9 Å². The lowest BCUT2D eigenvalue weighted by molar-refractivity contribution is -0.121. The van der Waals surface area contributed by atoms with E-state index in [4.69, 9.17) is 4.74 Å². The van der Waals surface area contributed by atoms with Crippen molar-refractivity contribution in [3.05, 3.63) is 69.2 Å². The maximum absolute atomic E-state index is 12.5. The first-order chi connectivity index (χ1) is 13.1. The van der Waals surface area contributed by atoms with Crippen molar-refractivity contribution in [3.8, 4) is 5.75 Å². The average molecular weight is 430 g/mol. The molecule has 2 aromatic carbocycles. The Morgan fingerprint density at radius 2 is 2.07 bits per heavy atom. The molecular formula is C20H20BrN3O3. The molecule has 0 aliphatic carbocycles. The van der Waals surface area contributed by atoms with Crippen molar-refractivity contribution in [1.29, 1.82) is 0 Å². The number of nitrogens with one attached hydrogen (secondary N) is 1. The predicted octanol–water partition coefficient (Wildman–Crippen LogP) is 3.26. The third-order valence-electron chi connectivity index (χ3n) is 4.11. The molecule has 0 bridgehead atoms. The number of carbonyl (C=O) groups excluding carboxylic acids is 1. The van der Waals surface area contributed by atoms with Gasteiger partial charge in [-0.3, -0.25) is 14.2 Å². The van der Waals surface area contributed by atoms with Crippen LogP contribution in [0.2, 0.25) is 0 Å². The topological polar surface area (TPSA) is 73.2 Å². The second-order valence-corrected chi connectivity index (χ2v) is 6.89. The van der Waals surface area contributed by atoms with E-state index in [9.17, 15) is 9.59 Å². The number of aromatic nitrogens is 2.